The molecule has 2 heterocycles. The summed E-state index contributed by atoms with van der Waals surface area (Å²) in [5.41, 5.74) is 8.72. The van der Waals surface area contributed by atoms with Crippen molar-refractivity contribution in [2.24, 2.45) is 0 Å². The van der Waals surface area contributed by atoms with Gasteiger partial charge in [-0.3, -0.25) is 4.90 Å². The maximum Gasteiger partial charge on any atom is 0.414 e. The number of allylic oxidation sites excluding steroid dienone is 7. The number of likely N-dealkylation sites (N-methyl/N-ethyl adjacent to an activating group) is 1. The van der Waals surface area contributed by atoms with Gasteiger partial charge in [0.1, 0.15) is 12.1 Å². The quantitative estimate of drug-likeness (QED) is 0.0753. The average Bonchev–Trinajstić information content (AvgIpc) is 3.77. The predicted molar refractivity (Wildman–Crippen MR) is 265 cm³/mol. The van der Waals surface area contributed by atoms with E-state index in [-0.39, 0.29) is 17.6 Å². The third kappa shape index (κ3) is 9.68. The van der Waals surface area contributed by atoms with E-state index in [0.717, 1.165) is 86.6 Å². The fraction of sp³-hybridized carbons (Fsp3) is 0.423. The molecule has 0 N–H and O–H groups in total. The van der Waals surface area contributed by atoms with Crippen LogP contribution in [0.5, 0.6) is 0 Å². The number of benzene rings is 4. The molecule has 4 aromatic carbocycles. The van der Waals surface area contributed by atoms with E-state index in [4.69, 9.17) is 4.74 Å². The van der Waals surface area contributed by atoms with Gasteiger partial charge in [0.2, 0.25) is 5.69 Å². The molecule has 0 saturated heterocycles. The molecule has 3 aliphatic rings. The Morgan fingerprint density at radius 1 is 0.857 bits per heavy atom. The zero-order valence-corrected chi connectivity index (χ0v) is 42.2. The first kappa shape index (κ1) is 46.9. The maximum atomic E-state index is 13.9. The first-order chi connectivity index (χ1) is 29.6. The van der Waals surface area contributed by atoms with Gasteiger partial charge in [0.25, 0.3) is 0 Å². The van der Waals surface area contributed by atoms with Crippen LogP contribution >= 0.6 is 31.9 Å². The fourth-order valence-corrected chi connectivity index (χ4v) is 11.2. The minimum atomic E-state index is -4.31. The van der Waals surface area contributed by atoms with Crippen molar-refractivity contribution in [2.45, 2.75) is 117 Å². The lowest BCUT2D eigenvalue weighted by Crippen LogP contribution is -2.34. The van der Waals surface area contributed by atoms with E-state index in [2.05, 4.69) is 161 Å². The van der Waals surface area contributed by atoms with Crippen molar-refractivity contribution in [3.8, 4) is 0 Å². The van der Waals surface area contributed by atoms with Gasteiger partial charge >= 0.3 is 6.09 Å². The third-order valence-corrected chi connectivity index (χ3v) is 14.6. The summed E-state index contributed by atoms with van der Waals surface area (Å²) in [5.74, 6) is -0.388. The van der Waals surface area contributed by atoms with Gasteiger partial charge in [-0.15, -0.1) is 0 Å². The lowest BCUT2D eigenvalue weighted by atomic mass is 9.79. The Kier molecular flexibility index (Phi) is 13.5. The summed E-state index contributed by atoms with van der Waals surface area (Å²) in [6, 6.07) is 21.7. The molecule has 0 fully saturated rings. The van der Waals surface area contributed by atoms with Crippen molar-refractivity contribution >= 4 is 86.7 Å². The summed E-state index contributed by atoms with van der Waals surface area (Å²) in [6.07, 6.45) is 14.1. The molecule has 4 aromatic rings. The van der Waals surface area contributed by atoms with E-state index in [1.807, 2.05) is 27.8 Å². The van der Waals surface area contributed by atoms with Crippen LogP contribution in [-0.4, -0.2) is 65.7 Å². The van der Waals surface area contributed by atoms with Crippen molar-refractivity contribution < 1.29 is 27.1 Å². The molecule has 0 radical (unpaired) electrons. The summed E-state index contributed by atoms with van der Waals surface area (Å²) < 4.78 is 45.2. The summed E-state index contributed by atoms with van der Waals surface area (Å²) >= 11 is 7.33. The second kappa shape index (κ2) is 18.1. The number of anilines is 1. The summed E-state index contributed by atoms with van der Waals surface area (Å²) in [7, 11) is -2.51. The van der Waals surface area contributed by atoms with Crippen molar-refractivity contribution in [2.75, 3.05) is 30.8 Å². The molecule has 7 rings (SSSR count). The largest absolute Gasteiger partial charge is 0.748 e. The van der Waals surface area contributed by atoms with E-state index >= 15 is 0 Å². The number of carbonyl (C=O) groups is 1. The Balaban J connectivity index is 1.34. The van der Waals surface area contributed by atoms with Gasteiger partial charge in [-0.05, 0) is 147 Å². The van der Waals surface area contributed by atoms with E-state index in [9.17, 15) is 17.8 Å². The lowest BCUT2D eigenvalue weighted by molar-refractivity contribution is -0.438. The molecule has 1 aliphatic carbocycles. The van der Waals surface area contributed by atoms with Gasteiger partial charge < -0.3 is 14.2 Å². The minimum absolute atomic E-state index is 0.279. The van der Waals surface area contributed by atoms with E-state index in [0.29, 0.717) is 13.0 Å². The van der Waals surface area contributed by atoms with Gasteiger partial charge in [0.05, 0.1) is 21.2 Å². The summed E-state index contributed by atoms with van der Waals surface area (Å²) in [5, 5.41) is 4.75. The normalized spacial score (nSPS) is 18.5. The fourth-order valence-electron chi connectivity index (χ4n) is 9.93. The van der Waals surface area contributed by atoms with Crippen LogP contribution in [0.2, 0.25) is 0 Å². The Hall–Kier alpha value is -4.03. The molecule has 11 heteroatoms. The van der Waals surface area contributed by atoms with Crippen molar-refractivity contribution in [1.29, 1.82) is 0 Å². The number of rotatable bonds is 13. The lowest BCUT2D eigenvalue weighted by Gasteiger charge is -2.28. The Labute approximate surface area is 391 Å². The first-order valence-corrected chi connectivity index (χ1v) is 25.4. The molecule has 8 nitrogen and oxygen atoms in total. The molecule has 63 heavy (non-hydrogen) atoms. The monoisotopic (exact) mass is 997 g/mol. The van der Waals surface area contributed by atoms with Crippen LogP contribution in [0.25, 0.3) is 21.5 Å². The summed E-state index contributed by atoms with van der Waals surface area (Å²) in [4.78, 5) is 17.9. The van der Waals surface area contributed by atoms with Crippen molar-refractivity contribution in [1.82, 2.24) is 4.90 Å². The molecular formula is C52H61Br2N3O5S. The molecule has 1 amide bonds. The topological polar surface area (TPSA) is 93.0 Å². The average molecular weight is 1000 g/mol. The van der Waals surface area contributed by atoms with Crippen LogP contribution in [0.3, 0.4) is 0 Å². The number of amides is 1. The van der Waals surface area contributed by atoms with Gasteiger partial charge in [0.15, 0.2) is 5.71 Å². The predicted octanol–water partition coefficient (Wildman–Crippen LogP) is 13.5. The van der Waals surface area contributed by atoms with E-state index in [1.54, 1.807) is 4.90 Å². The van der Waals surface area contributed by atoms with Crippen molar-refractivity contribution in [3.63, 3.8) is 0 Å². The number of nitrogens with zero attached hydrogens (tertiary/aromatic N) is 3. The van der Waals surface area contributed by atoms with Crippen LogP contribution in [0.4, 0.5) is 16.2 Å². The second-order valence-corrected chi connectivity index (χ2v) is 22.6. The zero-order chi connectivity index (χ0) is 45.6. The van der Waals surface area contributed by atoms with Crippen LogP contribution in [-0.2, 0) is 25.7 Å². The first-order valence-electron chi connectivity index (χ1n) is 22.2. The number of fused-ring (bicyclic) bond motifs is 6. The Bertz CT molecular complexity index is 2750. The highest BCUT2D eigenvalue weighted by molar-refractivity contribution is 9.10. The van der Waals surface area contributed by atoms with Gasteiger partial charge in [0, 0.05) is 69.2 Å². The summed E-state index contributed by atoms with van der Waals surface area (Å²) in [6.45, 7) is 18.5. The van der Waals surface area contributed by atoms with E-state index < -0.39 is 27.2 Å². The maximum absolute atomic E-state index is 13.9. The number of hydrogen-bond donors (Lipinski definition) is 0. The third-order valence-electron chi connectivity index (χ3n) is 12.8. The highest BCUT2D eigenvalue weighted by Crippen LogP contribution is 2.52. The van der Waals surface area contributed by atoms with E-state index in [1.165, 1.54) is 33.3 Å². The molecule has 0 unspecified atom stereocenters. The SMILES string of the molecule is CCCCC[N+]1=C(/C=C/C2=C(N(C)C(=O)OC(C)(C)C)C(=C/C=C3/N(CCCCS(=O)(=O)[O-])c4ccc5cc(Br)ccc5c4C3(C)C)/CC2)C(C)(C)c2c1ccc1cc(Br)ccc21. The molecule has 0 bridgehead atoms. The van der Waals surface area contributed by atoms with Crippen molar-refractivity contribution in [3.05, 3.63) is 128 Å². The highest BCUT2D eigenvalue weighted by atomic mass is 79.9. The molecule has 0 aromatic heterocycles. The molecule has 334 valence electrons. The smallest absolute Gasteiger partial charge is 0.414 e. The zero-order valence-electron chi connectivity index (χ0n) is 38.2. The van der Waals surface area contributed by atoms with Crippen LogP contribution in [0, 0.1) is 0 Å². The molecular weight excluding hydrogens is 938 g/mol. The number of hydrogen-bond acceptors (Lipinski definition) is 6. The molecule has 0 spiro atoms. The van der Waals surface area contributed by atoms with Gasteiger partial charge in [-0.2, -0.15) is 4.58 Å². The molecule has 0 saturated carbocycles. The Morgan fingerprint density at radius 2 is 1.51 bits per heavy atom. The van der Waals surface area contributed by atoms with Gasteiger partial charge in [-0.25, -0.2) is 13.2 Å². The number of carbonyl (C=O) groups excluding carboxylic acids is 1. The number of halogens is 2. The molecule has 0 atom stereocenters. The van der Waals surface area contributed by atoms with Crippen LogP contribution < -0.4 is 4.90 Å². The Morgan fingerprint density at radius 3 is 2.14 bits per heavy atom. The minimum Gasteiger partial charge on any atom is -0.748 e. The number of ether oxygens (including phenoxy) is 1. The highest BCUT2D eigenvalue weighted by Gasteiger charge is 2.46. The van der Waals surface area contributed by atoms with Crippen LogP contribution in [0.1, 0.15) is 111 Å². The van der Waals surface area contributed by atoms with Crippen LogP contribution in [0.15, 0.2) is 116 Å². The standard InChI is InChI=1S/C52H61Br2N3O5S/c1-10-11-12-29-56-42-25-17-36-32-38(53)21-23-40(36)46(42)51(5,6)44(56)27-19-34-15-16-35(48(34)55(9)49(58)62-50(2,3)4)20-28-45-52(7,8)47-41-24-22-39(54)33-37(41)18-26-43(47)57(45)30-13-14-31-63(59,60)61/h17-28,32-33H,10-16,29-31H2,1-9H3. The van der Waals surface area contributed by atoms with Gasteiger partial charge in [-0.1, -0.05) is 89.4 Å². The second-order valence-electron chi connectivity index (χ2n) is 19.3. The number of unbranched alkanes of at least 4 members (excludes halogenated alkanes) is 3. The molecule has 2 aliphatic heterocycles.